The smallest absolute Gasteiger partial charge is 0.204 e. The van der Waals surface area contributed by atoms with Gasteiger partial charge in [0.05, 0.1) is 12.5 Å². The number of rotatable bonds is 8. The van der Waals surface area contributed by atoms with Gasteiger partial charge in [-0.3, -0.25) is 4.79 Å². The van der Waals surface area contributed by atoms with Crippen molar-refractivity contribution in [3.8, 4) is 23.0 Å². The van der Waals surface area contributed by atoms with Crippen molar-refractivity contribution in [2.24, 2.45) is 0 Å². The summed E-state index contributed by atoms with van der Waals surface area (Å²) in [4.78, 5) is 13.7. The normalized spacial score (nSPS) is 11.7. The third kappa shape index (κ3) is 5.53. The van der Waals surface area contributed by atoms with Crippen molar-refractivity contribution in [3.63, 3.8) is 0 Å². The van der Waals surface area contributed by atoms with E-state index in [1.165, 1.54) is 24.8 Å². The van der Waals surface area contributed by atoms with E-state index in [0.717, 1.165) is 24.0 Å². The zero-order chi connectivity index (χ0) is 25.9. The number of phenols is 3. The van der Waals surface area contributed by atoms with Gasteiger partial charge >= 0.3 is 0 Å². The van der Waals surface area contributed by atoms with Crippen LogP contribution in [0.25, 0.3) is 21.9 Å². The number of ether oxygens (including phenoxy) is 1. The lowest BCUT2D eigenvalue weighted by molar-refractivity contribution is 0.370. The molecule has 0 atom stereocenters. The molecule has 1 aromatic heterocycles. The van der Waals surface area contributed by atoms with Crippen LogP contribution in [0.2, 0.25) is 0 Å². The van der Waals surface area contributed by atoms with Crippen molar-refractivity contribution in [1.82, 2.24) is 0 Å². The summed E-state index contributed by atoms with van der Waals surface area (Å²) in [6.45, 7) is 9.99. The minimum atomic E-state index is -0.445. The number of fused-ring (bicyclic) bond motifs is 2. The van der Waals surface area contributed by atoms with Gasteiger partial charge in [-0.2, -0.15) is 0 Å². The number of methoxy groups -OCH3 is 1. The first-order chi connectivity index (χ1) is 16.5. The molecule has 3 aromatic rings. The Morgan fingerprint density at radius 3 is 2.09 bits per heavy atom. The molecule has 1 heterocycles. The Kier molecular flexibility index (Phi) is 7.95. The van der Waals surface area contributed by atoms with Gasteiger partial charge in [-0.1, -0.05) is 34.9 Å². The van der Waals surface area contributed by atoms with Crippen molar-refractivity contribution in [1.29, 1.82) is 0 Å². The van der Waals surface area contributed by atoms with Crippen LogP contribution in [0, 0.1) is 0 Å². The van der Waals surface area contributed by atoms with Crippen LogP contribution in [0.3, 0.4) is 0 Å². The third-order valence-electron chi connectivity index (χ3n) is 6.01. The van der Waals surface area contributed by atoms with Crippen molar-refractivity contribution in [3.05, 3.63) is 68.4 Å². The lowest BCUT2D eigenvalue weighted by atomic mass is 9.98. The van der Waals surface area contributed by atoms with Crippen LogP contribution in [0.4, 0.5) is 0 Å². The number of hydrogen-bond donors (Lipinski definition) is 3. The molecule has 0 aliphatic carbocycles. The first-order valence-electron chi connectivity index (χ1n) is 11.7. The standard InChI is InChI=1S/C29H34O6/c1-16(2)8-7-9-18(5)11-13-19-21(30)14-24-26(27(19)32)28(33)25-20(12-10-17(3)4)29(34-6)22(31)15-23(25)35-24/h8,10-11,14-15,30-32H,7,9,12-13H2,1-6H3. The average molecular weight is 479 g/mol. The number of hydrogen-bond acceptors (Lipinski definition) is 6. The second-order valence-corrected chi connectivity index (χ2v) is 9.37. The van der Waals surface area contributed by atoms with E-state index in [1.54, 1.807) is 0 Å². The molecule has 6 nitrogen and oxygen atoms in total. The topological polar surface area (TPSA) is 100 Å². The summed E-state index contributed by atoms with van der Waals surface area (Å²) in [6.07, 6.45) is 8.43. The van der Waals surface area contributed by atoms with Gasteiger partial charge in [0.15, 0.2) is 11.5 Å². The van der Waals surface area contributed by atoms with E-state index in [1.807, 2.05) is 32.9 Å². The Morgan fingerprint density at radius 2 is 1.46 bits per heavy atom. The summed E-state index contributed by atoms with van der Waals surface area (Å²) < 4.78 is 11.3. The monoisotopic (exact) mass is 478 g/mol. The highest BCUT2D eigenvalue weighted by atomic mass is 16.5. The van der Waals surface area contributed by atoms with Crippen molar-refractivity contribution < 1.29 is 24.5 Å². The van der Waals surface area contributed by atoms with Gasteiger partial charge in [0.1, 0.15) is 28.1 Å². The van der Waals surface area contributed by atoms with Crippen LogP contribution in [0.15, 0.2) is 56.3 Å². The SMILES string of the molecule is COc1c(O)cc2oc3cc(O)c(CC=C(C)CCC=C(C)C)c(O)c3c(=O)c2c1CC=C(C)C. The molecule has 0 aliphatic rings. The largest absolute Gasteiger partial charge is 0.507 e. The van der Waals surface area contributed by atoms with Crippen molar-refractivity contribution >= 4 is 21.9 Å². The molecule has 3 N–H and O–H groups in total. The molecule has 0 saturated carbocycles. The molecular weight excluding hydrogens is 444 g/mol. The van der Waals surface area contributed by atoms with E-state index in [2.05, 4.69) is 19.9 Å². The first-order valence-corrected chi connectivity index (χ1v) is 11.7. The van der Waals surface area contributed by atoms with Crippen LogP contribution >= 0.6 is 0 Å². The molecule has 35 heavy (non-hydrogen) atoms. The number of allylic oxidation sites excluding steroid dienone is 6. The Morgan fingerprint density at radius 1 is 0.857 bits per heavy atom. The van der Waals surface area contributed by atoms with Crippen molar-refractivity contribution in [2.75, 3.05) is 7.11 Å². The predicted molar refractivity (Wildman–Crippen MR) is 141 cm³/mol. The molecule has 0 aliphatic heterocycles. The quantitative estimate of drug-likeness (QED) is 0.243. The molecule has 3 rings (SSSR count). The van der Waals surface area contributed by atoms with Crippen LogP contribution < -0.4 is 10.2 Å². The molecule has 6 heteroatoms. The third-order valence-corrected chi connectivity index (χ3v) is 6.01. The van der Waals surface area contributed by atoms with Crippen LogP contribution in [-0.2, 0) is 12.8 Å². The van der Waals surface area contributed by atoms with E-state index in [9.17, 15) is 20.1 Å². The molecule has 0 saturated heterocycles. The lowest BCUT2D eigenvalue weighted by Crippen LogP contribution is -2.08. The highest BCUT2D eigenvalue weighted by Crippen LogP contribution is 2.40. The second kappa shape index (κ2) is 10.7. The summed E-state index contributed by atoms with van der Waals surface area (Å²) >= 11 is 0. The van der Waals surface area contributed by atoms with Gasteiger partial charge in [0.25, 0.3) is 0 Å². The average Bonchev–Trinajstić information content (AvgIpc) is 2.76. The van der Waals surface area contributed by atoms with E-state index in [4.69, 9.17) is 9.15 Å². The van der Waals surface area contributed by atoms with Gasteiger partial charge < -0.3 is 24.5 Å². The molecule has 2 aromatic carbocycles. The fourth-order valence-corrected chi connectivity index (χ4v) is 4.12. The van der Waals surface area contributed by atoms with E-state index >= 15 is 0 Å². The van der Waals surface area contributed by atoms with Crippen LogP contribution in [0.1, 0.15) is 58.6 Å². The highest BCUT2D eigenvalue weighted by Gasteiger charge is 2.23. The fourth-order valence-electron chi connectivity index (χ4n) is 4.12. The van der Waals surface area contributed by atoms with Gasteiger partial charge in [-0.25, -0.2) is 0 Å². The molecule has 0 fully saturated rings. The second-order valence-electron chi connectivity index (χ2n) is 9.37. The Hall–Kier alpha value is -3.67. The summed E-state index contributed by atoms with van der Waals surface area (Å²) in [5.74, 6) is -0.425. The summed E-state index contributed by atoms with van der Waals surface area (Å²) in [5.41, 5.74) is 3.91. The van der Waals surface area contributed by atoms with E-state index < -0.39 is 5.43 Å². The minimum Gasteiger partial charge on any atom is -0.507 e. The Balaban J connectivity index is 2.21. The fraction of sp³-hybridized carbons (Fsp3) is 0.345. The van der Waals surface area contributed by atoms with Gasteiger partial charge in [-0.15, -0.1) is 0 Å². The maximum absolute atomic E-state index is 13.7. The molecule has 0 spiro atoms. The molecule has 0 amide bonds. The summed E-state index contributed by atoms with van der Waals surface area (Å²) in [6, 6.07) is 2.66. The summed E-state index contributed by atoms with van der Waals surface area (Å²) in [5, 5.41) is 32.4. The molecule has 0 radical (unpaired) electrons. The van der Waals surface area contributed by atoms with Gasteiger partial charge in [-0.05, 0) is 60.3 Å². The zero-order valence-corrected chi connectivity index (χ0v) is 21.3. The molecule has 0 unspecified atom stereocenters. The van der Waals surface area contributed by atoms with Gasteiger partial charge in [0, 0.05) is 23.3 Å². The molecule has 186 valence electrons. The first kappa shape index (κ1) is 25.9. The predicted octanol–water partition coefficient (Wildman–Crippen LogP) is 6.82. The Bertz CT molecular complexity index is 1410. The van der Waals surface area contributed by atoms with E-state index in [0.29, 0.717) is 12.0 Å². The number of benzene rings is 2. The highest BCUT2D eigenvalue weighted by molar-refractivity contribution is 5.97. The molecular formula is C29H34O6. The Labute approximate surface area is 205 Å². The van der Waals surface area contributed by atoms with Crippen LogP contribution in [0.5, 0.6) is 23.0 Å². The zero-order valence-electron chi connectivity index (χ0n) is 21.3. The van der Waals surface area contributed by atoms with Crippen molar-refractivity contribution in [2.45, 2.75) is 60.3 Å². The maximum Gasteiger partial charge on any atom is 0.204 e. The maximum atomic E-state index is 13.7. The number of aromatic hydroxyl groups is 3. The van der Waals surface area contributed by atoms with Crippen LogP contribution in [-0.4, -0.2) is 22.4 Å². The number of phenolic OH excluding ortho intramolecular Hbond substituents is 3. The minimum absolute atomic E-state index is 0.00733. The molecule has 0 bridgehead atoms. The summed E-state index contributed by atoms with van der Waals surface area (Å²) in [7, 11) is 1.43. The van der Waals surface area contributed by atoms with Gasteiger partial charge in [0.2, 0.25) is 5.43 Å². The van der Waals surface area contributed by atoms with E-state index in [-0.39, 0.29) is 56.9 Å². The lowest BCUT2D eigenvalue weighted by Gasteiger charge is -2.14.